The van der Waals surface area contributed by atoms with Crippen molar-refractivity contribution in [3.63, 3.8) is 0 Å². The maximum Gasteiger partial charge on any atom is 0.249 e. The van der Waals surface area contributed by atoms with Gasteiger partial charge in [0.1, 0.15) is 24.4 Å². The molecule has 0 saturated carbocycles. The van der Waals surface area contributed by atoms with Gasteiger partial charge in [0.05, 0.1) is 6.04 Å². The Morgan fingerprint density at radius 2 is 2.00 bits per heavy atom. The standard InChI is InChI=1S/C16H20N2O3/c1-3-16(4-2)15(20)18(9-14(19)17-16)12-10-21-13-8-6-5-7-11(12)13/h5-8,12H,3-4,9-10H2,1-2H3,(H,17,19). The van der Waals surface area contributed by atoms with Gasteiger partial charge in [-0.05, 0) is 18.9 Å². The van der Waals surface area contributed by atoms with E-state index in [4.69, 9.17) is 4.74 Å². The average molecular weight is 288 g/mol. The Morgan fingerprint density at radius 1 is 1.29 bits per heavy atom. The Kier molecular flexibility index (Phi) is 3.35. The molecule has 0 spiro atoms. The number of rotatable bonds is 3. The first-order chi connectivity index (χ1) is 10.1. The quantitative estimate of drug-likeness (QED) is 0.920. The second kappa shape index (κ2) is 5.06. The van der Waals surface area contributed by atoms with E-state index in [1.165, 1.54) is 0 Å². The monoisotopic (exact) mass is 288 g/mol. The fraction of sp³-hybridized carbons (Fsp3) is 0.500. The van der Waals surface area contributed by atoms with Crippen molar-refractivity contribution in [3.8, 4) is 5.75 Å². The fourth-order valence-corrected chi connectivity index (χ4v) is 3.25. The highest BCUT2D eigenvalue weighted by molar-refractivity contribution is 5.98. The van der Waals surface area contributed by atoms with Crippen molar-refractivity contribution in [1.82, 2.24) is 10.2 Å². The van der Waals surface area contributed by atoms with Gasteiger partial charge in [-0.25, -0.2) is 0 Å². The average Bonchev–Trinajstić information content (AvgIpc) is 2.93. The van der Waals surface area contributed by atoms with Crippen LogP contribution in [0.15, 0.2) is 24.3 Å². The van der Waals surface area contributed by atoms with Crippen LogP contribution in [0.2, 0.25) is 0 Å². The molecule has 3 rings (SSSR count). The lowest BCUT2D eigenvalue weighted by Gasteiger charge is -2.43. The molecular weight excluding hydrogens is 268 g/mol. The minimum atomic E-state index is -0.771. The summed E-state index contributed by atoms with van der Waals surface area (Å²) in [5, 5.41) is 2.89. The lowest BCUT2D eigenvalue weighted by atomic mass is 9.87. The van der Waals surface area contributed by atoms with Crippen LogP contribution in [-0.4, -0.2) is 35.4 Å². The van der Waals surface area contributed by atoms with E-state index < -0.39 is 5.54 Å². The third-order valence-corrected chi connectivity index (χ3v) is 4.62. The van der Waals surface area contributed by atoms with Crippen LogP contribution < -0.4 is 10.1 Å². The van der Waals surface area contributed by atoms with Crippen molar-refractivity contribution in [3.05, 3.63) is 29.8 Å². The highest BCUT2D eigenvalue weighted by atomic mass is 16.5. The Bertz CT molecular complexity index is 581. The molecule has 0 radical (unpaired) electrons. The number of carbonyl (C=O) groups is 2. The van der Waals surface area contributed by atoms with Crippen LogP contribution in [0.25, 0.3) is 0 Å². The molecule has 112 valence electrons. The van der Waals surface area contributed by atoms with Gasteiger partial charge >= 0.3 is 0 Å². The Balaban J connectivity index is 1.95. The Morgan fingerprint density at radius 3 is 2.71 bits per heavy atom. The van der Waals surface area contributed by atoms with E-state index >= 15 is 0 Å². The second-order valence-corrected chi connectivity index (χ2v) is 5.64. The number of carbonyl (C=O) groups excluding carboxylic acids is 2. The predicted octanol–water partition coefficient (Wildman–Crippen LogP) is 1.64. The van der Waals surface area contributed by atoms with Crippen LogP contribution in [-0.2, 0) is 9.59 Å². The first-order valence-corrected chi connectivity index (χ1v) is 7.45. The van der Waals surface area contributed by atoms with E-state index in [0.717, 1.165) is 11.3 Å². The molecule has 1 saturated heterocycles. The van der Waals surface area contributed by atoms with Gasteiger partial charge in [-0.3, -0.25) is 9.59 Å². The zero-order chi connectivity index (χ0) is 15.0. The highest BCUT2D eigenvalue weighted by Crippen LogP contribution is 2.38. The lowest BCUT2D eigenvalue weighted by Crippen LogP contribution is -2.66. The van der Waals surface area contributed by atoms with Crippen molar-refractivity contribution in [1.29, 1.82) is 0 Å². The molecule has 0 aliphatic carbocycles. The summed E-state index contributed by atoms with van der Waals surface area (Å²) in [6, 6.07) is 7.54. The SMILES string of the molecule is CCC1(CC)NC(=O)CN(C2COc3ccccc32)C1=O. The lowest BCUT2D eigenvalue weighted by molar-refractivity contribution is -0.153. The van der Waals surface area contributed by atoms with E-state index in [1.807, 2.05) is 38.1 Å². The molecule has 2 amide bonds. The molecule has 1 aromatic rings. The summed E-state index contributed by atoms with van der Waals surface area (Å²) in [4.78, 5) is 26.7. The fourth-order valence-electron chi connectivity index (χ4n) is 3.25. The summed E-state index contributed by atoms with van der Waals surface area (Å²) in [6.45, 7) is 4.39. The normalized spacial score (nSPS) is 23.5. The summed E-state index contributed by atoms with van der Waals surface area (Å²) >= 11 is 0. The summed E-state index contributed by atoms with van der Waals surface area (Å²) < 4.78 is 5.66. The number of nitrogens with one attached hydrogen (secondary N) is 1. The van der Waals surface area contributed by atoms with Crippen molar-refractivity contribution in [2.24, 2.45) is 0 Å². The number of ether oxygens (including phenoxy) is 1. The minimum absolute atomic E-state index is 0.00240. The van der Waals surface area contributed by atoms with Gasteiger partial charge in [-0.2, -0.15) is 0 Å². The molecule has 5 nitrogen and oxygen atoms in total. The predicted molar refractivity (Wildman–Crippen MR) is 77.8 cm³/mol. The smallest absolute Gasteiger partial charge is 0.249 e. The topological polar surface area (TPSA) is 58.6 Å². The molecule has 0 bridgehead atoms. The van der Waals surface area contributed by atoms with E-state index in [0.29, 0.717) is 19.4 Å². The molecule has 1 aromatic carbocycles. The van der Waals surface area contributed by atoms with Gasteiger partial charge < -0.3 is 15.0 Å². The van der Waals surface area contributed by atoms with E-state index in [-0.39, 0.29) is 24.4 Å². The first-order valence-electron chi connectivity index (χ1n) is 7.45. The number of para-hydroxylation sites is 1. The number of amides is 2. The van der Waals surface area contributed by atoms with Gasteiger partial charge in [-0.1, -0.05) is 32.0 Å². The molecule has 2 aliphatic heterocycles. The number of benzene rings is 1. The Hall–Kier alpha value is -2.04. The van der Waals surface area contributed by atoms with Crippen LogP contribution in [0.1, 0.15) is 38.3 Å². The van der Waals surface area contributed by atoms with Crippen molar-refractivity contribution in [2.45, 2.75) is 38.3 Å². The third kappa shape index (κ3) is 2.07. The molecular formula is C16H20N2O3. The third-order valence-electron chi connectivity index (χ3n) is 4.62. The van der Waals surface area contributed by atoms with Gasteiger partial charge in [0.2, 0.25) is 11.8 Å². The van der Waals surface area contributed by atoms with Crippen molar-refractivity contribution >= 4 is 11.8 Å². The molecule has 1 atom stereocenters. The molecule has 2 aliphatic rings. The zero-order valence-electron chi connectivity index (χ0n) is 12.4. The van der Waals surface area contributed by atoms with Gasteiger partial charge in [0.15, 0.2) is 0 Å². The van der Waals surface area contributed by atoms with E-state index in [1.54, 1.807) is 4.90 Å². The van der Waals surface area contributed by atoms with Gasteiger partial charge in [0.25, 0.3) is 0 Å². The van der Waals surface area contributed by atoms with Crippen LogP contribution in [0.4, 0.5) is 0 Å². The highest BCUT2D eigenvalue weighted by Gasteiger charge is 2.47. The van der Waals surface area contributed by atoms with E-state index in [9.17, 15) is 9.59 Å². The van der Waals surface area contributed by atoms with Crippen molar-refractivity contribution < 1.29 is 14.3 Å². The summed E-state index contributed by atoms with van der Waals surface area (Å²) in [5.41, 5.74) is 0.217. The molecule has 5 heteroatoms. The number of hydrogen-bond donors (Lipinski definition) is 1. The zero-order valence-corrected chi connectivity index (χ0v) is 12.4. The summed E-state index contributed by atoms with van der Waals surface area (Å²) in [6.07, 6.45) is 1.19. The molecule has 1 N–H and O–H groups in total. The second-order valence-electron chi connectivity index (χ2n) is 5.64. The Labute approximate surface area is 124 Å². The van der Waals surface area contributed by atoms with Gasteiger partial charge in [-0.15, -0.1) is 0 Å². The number of hydrogen-bond acceptors (Lipinski definition) is 3. The van der Waals surface area contributed by atoms with Crippen LogP contribution in [0.3, 0.4) is 0 Å². The van der Waals surface area contributed by atoms with Crippen LogP contribution in [0, 0.1) is 0 Å². The summed E-state index contributed by atoms with van der Waals surface area (Å²) in [5.74, 6) is 0.708. The molecule has 1 fully saturated rings. The van der Waals surface area contributed by atoms with E-state index in [2.05, 4.69) is 5.32 Å². The molecule has 2 heterocycles. The maximum absolute atomic E-state index is 12.9. The number of nitrogens with zero attached hydrogens (tertiary/aromatic N) is 1. The van der Waals surface area contributed by atoms with Gasteiger partial charge in [0, 0.05) is 5.56 Å². The van der Waals surface area contributed by atoms with Crippen molar-refractivity contribution in [2.75, 3.05) is 13.2 Å². The molecule has 21 heavy (non-hydrogen) atoms. The van der Waals surface area contributed by atoms with Crippen LogP contribution in [0.5, 0.6) is 5.75 Å². The number of fused-ring (bicyclic) bond motifs is 1. The molecule has 1 unspecified atom stereocenters. The summed E-state index contributed by atoms with van der Waals surface area (Å²) in [7, 11) is 0. The van der Waals surface area contributed by atoms with Crippen LogP contribution >= 0.6 is 0 Å². The first kappa shape index (κ1) is 13.9. The maximum atomic E-state index is 12.9. The minimum Gasteiger partial charge on any atom is -0.491 e. The largest absolute Gasteiger partial charge is 0.491 e. The number of piperazine rings is 1. The molecule has 0 aromatic heterocycles.